The molecule has 6 heteroatoms. The van der Waals surface area contributed by atoms with Crippen LogP contribution < -0.4 is 0 Å². The first-order valence-electron chi connectivity index (χ1n) is 3.04. The molecule has 0 spiro atoms. The molecule has 0 saturated carbocycles. The van der Waals surface area contributed by atoms with E-state index in [1.54, 1.807) is 12.1 Å². The molecule has 3 nitrogen and oxygen atoms in total. The van der Waals surface area contributed by atoms with Crippen LogP contribution in [0.3, 0.4) is 0 Å². The summed E-state index contributed by atoms with van der Waals surface area (Å²) in [5, 5.41) is 0.786. The maximum atomic E-state index is 5.79. The molecule has 0 saturated heterocycles. The predicted molar refractivity (Wildman–Crippen MR) is 48.0 cm³/mol. The van der Waals surface area contributed by atoms with Gasteiger partial charge in [-0.15, -0.1) is 0 Å². The Labute approximate surface area is 82.9 Å². The number of rotatable bonds is 0. The lowest BCUT2D eigenvalue weighted by Crippen LogP contribution is -1.93. The number of hydrogen-bond donors (Lipinski definition) is 0. The largest absolute Gasteiger partial charge is 0.258 e. The highest BCUT2D eigenvalue weighted by Gasteiger charge is 2.06. The van der Waals surface area contributed by atoms with E-state index in [1.165, 1.54) is 4.40 Å². The van der Waals surface area contributed by atoms with Crippen LogP contribution in [0.25, 0.3) is 5.65 Å². The molecule has 0 amide bonds. The zero-order chi connectivity index (χ0) is 8.72. The van der Waals surface area contributed by atoms with Gasteiger partial charge in [0.15, 0.2) is 0 Å². The van der Waals surface area contributed by atoms with Crippen molar-refractivity contribution in [2.75, 3.05) is 0 Å². The Hall–Kier alpha value is -0.510. The maximum absolute atomic E-state index is 5.79. The minimum absolute atomic E-state index is 0.113. The Bertz CT molecular complexity index is 437. The Morgan fingerprint density at radius 2 is 1.83 bits per heavy atom. The fraction of sp³-hybridized carbons (Fsp3) is 0. The summed E-state index contributed by atoms with van der Waals surface area (Å²) in [5.74, 6) is 0. The van der Waals surface area contributed by atoms with Gasteiger partial charge >= 0.3 is 0 Å². The highest BCUT2D eigenvalue weighted by atomic mass is 35.5. The van der Waals surface area contributed by atoms with Crippen LogP contribution in [0.2, 0.25) is 15.7 Å². The second kappa shape index (κ2) is 2.76. The van der Waals surface area contributed by atoms with Gasteiger partial charge in [-0.25, -0.2) is 0 Å². The van der Waals surface area contributed by atoms with Crippen molar-refractivity contribution in [2.45, 2.75) is 0 Å². The Balaban J connectivity index is 2.93. The zero-order valence-electron chi connectivity index (χ0n) is 5.63. The lowest BCUT2D eigenvalue weighted by atomic mass is 10.6. The first kappa shape index (κ1) is 8.10. The fourth-order valence-electron chi connectivity index (χ4n) is 0.917. The van der Waals surface area contributed by atoms with Gasteiger partial charge in [0.25, 0.3) is 0 Å². The number of halogens is 3. The van der Waals surface area contributed by atoms with Crippen LogP contribution in [0.5, 0.6) is 0 Å². The van der Waals surface area contributed by atoms with E-state index in [2.05, 4.69) is 9.97 Å². The van der Waals surface area contributed by atoms with Crippen molar-refractivity contribution >= 4 is 40.4 Å². The summed E-state index contributed by atoms with van der Waals surface area (Å²) in [6.45, 7) is 0. The molecule has 2 aromatic heterocycles. The first-order chi connectivity index (χ1) is 5.68. The third kappa shape index (κ3) is 1.14. The van der Waals surface area contributed by atoms with Crippen molar-refractivity contribution in [3.8, 4) is 0 Å². The molecule has 0 N–H and O–H groups in total. The van der Waals surface area contributed by atoms with E-state index in [0.29, 0.717) is 10.8 Å². The number of fused-ring (bicyclic) bond motifs is 1. The lowest BCUT2D eigenvalue weighted by molar-refractivity contribution is 1.03. The number of aromatic nitrogens is 3. The van der Waals surface area contributed by atoms with E-state index in [9.17, 15) is 0 Å². The smallest absolute Gasteiger partial charge is 0.227 e. The minimum atomic E-state index is 0.113. The summed E-state index contributed by atoms with van der Waals surface area (Å²) in [4.78, 5) is 7.64. The topological polar surface area (TPSA) is 30.2 Å². The van der Waals surface area contributed by atoms with Gasteiger partial charge in [-0.2, -0.15) is 9.97 Å². The van der Waals surface area contributed by atoms with E-state index < -0.39 is 0 Å². The standard InChI is InChI=1S/C6H2Cl3N3/c7-3-1-2-4-10-5(8)11-6(9)12(3)4/h1-2H. The normalized spacial score (nSPS) is 10.9. The first-order valence-corrected chi connectivity index (χ1v) is 4.18. The average molecular weight is 222 g/mol. The van der Waals surface area contributed by atoms with E-state index >= 15 is 0 Å². The molecule has 0 radical (unpaired) electrons. The molecule has 12 heavy (non-hydrogen) atoms. The van der Waals surface area contributed by atoms with Crippen LogP contribution in [-0.4, -0.2) is 14.4 Å². The van der Waals surface area contributed by atoms with Crippen LogP contribution in [0.15, 0.2) is 12.1 Å². The third-order valence-electron chi connectivity index (χ3n) is 1.39. The molecule has 2 aromatic rings. The summed E-state index contributed by atoms with van der Waals surface area (Å²) in [5.41, 5.74) is 0.588. The van der Waals surface area contributed by atoms with Gasteiger partial charge in [0.1, 0.15) is 10.8 Å². The van der Waals surface area contributed by atoms with Gasteiger partial charge in [-0.05, 0) is 35.3 Å². The highest BCUT2D eigenvalue weighted by molar-refractivity contribution is 6.33. The molecule has 2 rings (SSSR count). The van der Waals surface area contributed by atoms with Crippen molar-refractivity contribution in [1.82, 2.24) is 14.4 Å². The molecule has 0 bridgehead atoms. The molecule has 0 unspecified atom stereocenters. The fourth-order valence-corrected chi connectivity index (χ4v) is 1.66. The average Bonchev–Trinajstić information content (AvgIpc) is 2.31. The summed E-state index contributed by atoms with van der Waals surface area (Å²) in [6.07, 6.45) is 0. The third-order valence-corrected chi connectivity index (χ3v) is 2.11. The van der Waals surface area contributed by atoms with Crippen molar-refractivity contribution in [2.24, 2.45) is 0 Å². The van der Waals surface area contributed by atoms with Gasteiger partial charge < -0.3 is 0 Å². The Morgan fingerprint density at radius 3 is 2.58 bits per heavy atom. The van der Waals surface area contributed by atoms with Crippen LogP contribution in [0.4, 0.5) is 0 Å². The zero-order valence-corrected chi connectivity index (χ0v) is 7.90. The van der Waals surface area contributed by atoms with Gasteiger partial charge in [-0.1, -0.05) is 11.6 Å². The van der Waals surface area contributed by atoms with Crippen molar-refractivity contribution < 1.29 is 0 Å². The van der Waals surface area contributed by atoms with Crippen LogP contribution in [0, 0.1) is 0 Å². The summed E-state index contributed by atoms with van der Waals surface area (Å²) >= 11 is 17.1. The summed E-state index contributed by atoms with van der Waals surface area (Å²) in [7, 11) is 0. The second-order valence-electron chi connectivity index (χ2n) is 2.11. The summed E-state index contributed by atoms with van der Waals surface area (Å²) in [6, 6.07) is 3.38. The van der Waals surface area contributed by atoms with E-state index in [0.717, 1.165) is 0 Å². The Kier molecular flexibility index (Phi) is 1.87. The molecule has 0 atom stereocenters. The van der Waals surface area contributed by atoms with Gasteiger partial charge in [0.05, 0.1) is 0 Å². The monoisotopic (exact) mass is 221 g/mol. The molecular weight excluding hydrogens is 220 g/mol. The lowest BCUT2D eigenvalue weighted by Gasteiger charge is -1.98. The van der Waals surface area contributed by atoms with Gasteiger partial charge in [0, 0.05) is 0 Å². The van der Waals surface area contributed by atoms with Gasteiger partial charge in [0.2, 0.25) is 10.6 Å². The minimum Gasteiger partial charge on any atom is -0.258 e. The quantitative estimate of drug-likeness (QED) is 0.686. The molecule has 0 aliphatic carbocycles. The molecule has 0 aliphatic heterocycles. The predicted octanol–water partition coefficient (Wildman–Crippen LogP) is 2.69. The Morgan fingerprint density at radius 1 is 1.08 bits per heavy atom. The molecular formula is C6H2Cl3N3. The highest BCUT2D eigenvalue weighted by Crippen LogP contribution is 2.19. The molecule has 2 heterocycles. The second-order valence-corrected chi connectivity index (χ2v) is 3.17. The molecule has 0 fully saturated rings. The van der Waals surface area contributed by atoms with E-state index in [4.69, 9.17) is 34.8 Å². The number of nitrogens with zero attached hydrogens (tertiary/aromatic N) is 3. The SMILES string of the molecule is Clc1nc(Cl)n2c(Cl)ccc2n1. The molecule has 0 aromatic carbocycles. The number of hydrogen-bond acceptors (Lipinski definition) is 2. The van der Waals surface area contributed by atoms with E-state index in [-0.39, 0.29) is 10.6 Å². The maximum Gasteiger partial charge on any atom is 0.227 e. The summed E-state index contributed by atoms with van der Waals surface area (Å²) < 4.78 is 1.50. The molecule has 62 valence electrons. The van der Waals surface area contributed by atoms with E-state index in [1.807, 2.05) is 0 Å². The van der Waals surface area contributed by atoms with Crippen LogP contribution in [-0.2, 0) is 0 Å². The van der Waals surface area contributed by atoms with Crippen molar-refractivity contribution in [3.63, 3.8) is 0 Å². The van der Waals surface area contributed by atoms with Crippen molar-refractivity contribution in [3.05, 3.63) is 27.9 Å². The van der Waals surface area contributed by atoms with Crippen LogP contribution in [0.1, 0.15) is 0 Å². The van der Waals surface area contributed by atoms with Crippen LogP contribution >= 0.6 is 34.8 Å². The van der Waals surface area contributed by atoms with Crippen molar-refractivity contribution in [1.29, 1.82) is 0 Å². The van der Waals surface area contributed by atoms with Gasteiger partial charge in [-0.3, -0.25) is 4.40 Å². The molecule has 0 aliphatic rings.